The molecule has 1 heterocycles. The van der Waals surface area contributed by atoms with Crippen molar-refractivity contribution in [3.8, 4) is 33.8 Å². The zero-order valence-electron chi connectivity index (χ0n) is 22.5. The number of hydrogen-bond acceptors (Lipinski definition) is 8. The third kappa shape index (κ3) is 6.12. The Morgan fingerprint density at radius 3 is 2.20 bits per heavy atom. The molecule has 0 unspecified atom stereocenters. The lowest BCUT2D eigenvalue weighted by Crippen LogP contribution is -2.13. The number of phenols is 1. The molecule has 0 amide bonds. The molecule has 4 aromatic carbocycles. The number of carbonyl (C=O) groups is 1. The highest BCUT2D eigenvalue weighted by atomic mass is 32.2. The van der Waals surface area contributed by atoms with Crippen molar-refractivity contribution >= 4 is 37.5 Å². The molecule has 5 aromatic rings. The molecular formula is C32H28O7S2. The molecule has 0 aliphatic carbocycles. The van der Waals surface area contributed by atoms with Crippen LogP contribution in [0.3, 0.4) is 0 Å². The van der Waals surface area contributed by atoms with Gasteiger partial charge in [-0.3, -0.25) is 4.18 Å². The Balaban J connectivity index is 1.37. The first-order chi connectivity index (χ1) is 19.8. The van der Waals surface area contributed by atoms with Gasteiger partial charge in [-0.05, 0) is 61.4 Å². The average Bonchev–Trinajstić information content (AvgIpc) is 3.36. The molecule has 9 heteroatoms. The minimum absolute atomic E-state index is 0.0273. The van der Waals surface area contributed by atoms with Gasteiger partial charge in [0.2, 0.25) is 0 Å². The van der Waals surface area contributed by atoms with Gasteiger partial charge in [0.15, 0.2) is 0 Å². The molecule has 0 bridgehead atoms. The molecule has 0 aliphatic rings. The molecular weight excluding hydrogens is 560 g/mol. The molecule has 0 spiro atoms. The first kappa shape index (κ1) is 28.4. The van der Waals surface area contributed by atoms with Crippen LogP contribution in [-0.2, 0) is 19.0 Å². The Bertz CT molecular complexity index is 1770. The Kier molecular flexibility index (Phi) is 8.39. The van der Waals surface area contributed by atoms with Crippen LogP contribution in [0.5, 0.6) is 11.5 Å². The van der Waals surface area contributed by atoms with Crippen LogP contribution in [0.15, 0.2) is 95.9 Å². The fourth-order valence-electron chi connectivity index (χ4n) is 4.46. The van der Waals surface area contributed by atoms with E-state index in [1.807, 2.05) is 43.3 Å². The van der Waals surface area contributed by atoms with Gasteiger partial charge in [0.05, 0.1) is 11.5 Å². The summed E-state index contributed by atoms with van der Waals surface area (Å²) < 4.78 is 41.6. The standard InChI is InChI=1S/C32H28O7S2/c1-3-37-32(34)31-28(22-7-5-4-6-8-22)26-17-18-27(33)29(30(26)40-31)23-11-13-24(14-12-23)38-19-20-39-41(35,36)25-15-9-21(2)10-16-25/h4-18,33H,3,19-20H2,1-2H3. The summed E-state index contributed by atoms with van der Waals surface area (Å²) in [7, 11) is -3.87. The first-order valence-corrected chi connectivity index (χ1v) is 15.2. The van der Waals surface area contributed by atoms with E-state index in [4.69, 9.17) is 13.7 Å². The largest absolute Gasteiger partial charge is 0.507 e. The van der Waals surface area contributed by atoms with E-state index in [-0.39, 0.29) is 30.5 Å². The highest BCUT2D eigenvalue weighted by molar-refractivity contribution is 7.86. The first-order valence-electron chi connectivity index (χ1n) is 13.0. The predicted molar refractivity (Wildman–Crippen MR) is 160 cm³/mol. The predicted octanol–water partition coefficient (Wildman–Crippen LogP) is 7.21. The van der Waals surface area contributed by atoms with Gasteiger partial charge in [0.25, 0.3) is 10.1 Å². The smallest absolute Gasteiger partial charge is 0.348 e. The fraction of sp³-hybridized carbons (Fsp3) is 0.156. The number of rotatable bonds is 10. The molecule has 0 saturated carbocycles. The maximum Gasteiger partial charge on any atom is 0.348 e. The van der Waals surface area contributed by atoms with E-state index in [1.165, 1.54) is 23.5 Å². The average molecular weight is 589 g/mol. The summed E-state index contributed by atoms with van der Waals surface area (Å²) in [4.78, 5) is 13.5. The van der Waals surface area contributed by atoms with Gasteiger partial charge >= 0.3 is 5.97 Å². The molecule has 0 saturated heterocycles. The highest BCUT2D eigenvalue weighted by Gasteiger charge is 2.24. The lowest BCUT2D eigenvalue weighted by atomic mass is 9.97. The number of thiophene rings is 1. The number of fused-ring (bicyclic) bond motifs is 1. The Hall–Kier alpha value is -4.18. The van der Waals surface area contributed by atoms with Gasteiger partial charge in [-0.25, -0.2) is 4.79 Å². The zero-order valence-corrected chi connectivity index (χ0v) is 24.1. The SMILES string of the molecule is CCOC(=O)c1sc2c(-c3ccc(OCCOS(=O)(=O)c4ccc(C)cc4)cc3)c(O)ccc2c1-c1ccccc1. The van der Waals surface area contributed by atoms with E-state index in [2.05, 4.69) is 0 Å². The van der Waals surface area contributed by atoms with Crippen molar-refractivity contribution in [2.24, 2.45) is 0 Å². The second-order valence-electron chi connectivity index (χ2n) is 9.19. The van der Waals surface area contributed by atoms with E-state index in [1.54, 1.807) is 49.4 Å². The summed E-state index contributed by atoms with van der Waals surface area (Å²) in [5, 5.41) is 11.7. The van der Waals surface area contributed by atoms with Crippen LogP contribution in [0.25, 0.3) is 32.3 Å². The molecule has 0 aliphatic heterocycles. The Labute approximate surface area is 242 Å². The summed E-state index contributed by atoms with van der Waals surface area (Å²) >= 11 is 1.29. The lowest BCUT2D eigenvalue weighted by molar-refractivity contribution is 0.0533. The summed E-state index contributed by atoms with van der Waals surface area (Å²) in [6, 6.07) is 26.6. The van der Waals surface area contributed by atoms with Crippen molar-refractivity contribution in [1.82, 2.24) is 0 Å². The maximum absolute atomic E-state index is 12.9. The Morgan fingerprint density at radius 1 is 0.829 bits per heavy atom. The van der Waals surface area contributed by atoms with Crippen molar-refractivity contribution in [2.45, 2.75) is 18.7 Å². The summed E-state index contributed by atoms with van der Waals surface area (Å²) in [5.74, 6) is 0.186. The lowest BCUT2D eigenvalue weighted by Gasteiger charge is -2.10. The van der Waals surface area contributed by atoms with Gasteiger partial charge < -0.3 is 14.6 Å². The van der Waals surface area contributed by atoms with Gasteiger partial charge in [-0.15, -0.1) is 11.3 Å². The van der Waals surface area contributed by atoms with E-state index in [9.17, 15) is 18.3 Å². The number of hydrogen-bond donors (Lipinski definition) is 1. The van der Waals surface area contributed by atoms with Crippen LogP contribution in [0.4, 0.5) is 0 Å². The number of aryl methyl sites for hydroxylation is 1. The van der Waals surface area contributed by atoms with Crippen molar-refractivity contribution in [3.63, 3.8) is 0 Å². The number of ether oxygens (including phenoxy) is 2. The number of esters is 1. The minimum Gasteiger partial charge on any atom is -0.507 e. The third-order valence-corrected chi connectivity index (χ3v) is 8.93. The molecule has 210 valence electrons. The van der Waals surface area contributed by atoms with Gasteiger partial charge in [-0.2, -0.15) is 8.42 Å². The quantitative estimate of drug-likeness (QED) is 0.105. The van der Waals surface area contributed by atoms with Crippen LogP contribution in [0.2, 0.25) is 0 Å². The molecule has 1 aromatic heterocycles. The number of benzene rings is 4. The normalized spacial score (nSPS) is 11.5. The molecule has 0 fully saturated rings. The van der Waals surface area contributed by atoms with E-state index in [0.29, 0.717) is 16.2 Å². The van der Waals surface area contributed by atoms with E-state index in [0.717, 1.165) is 32.3 Å². The van der Waals surface area contributed by atoms with Crippen molar-refractivity contribution in [1.29, 1.82) is 0 Å². The summed E-state index contributed by atoms with van der Waals surface area (Å²) in [6.45, 7) is 3.78. The van der Waals surface area contributed by atoms with Crippen LogP contribution in [-0.4, -0.2) is 39.3 Å². The van der Waals surface area contributed by atoms with Gasteiger partial charge in [-0.1, -0.05) is 60.2 Å². The van der Waals surface area contributed by atoms with Crippen LogP contribution < -0.4 is 4.74 Å². The van der Waals surface area contributed by atoms with Crippen LogP contribution >= 0.6 is 11.3 Å². The summed E-state index contributed by atoms with van der Waals surface area (Å²) in [5.41, 5.74) is 3.93. The highest BCUT2D eigenvalue weighted by Crippen LogP contribution is 2.46. The number of carbonyl (C=O) groups excluding carboxylic acids is 1. The van der Waals surface area contributed by atoms with E-state index >= 15 is 0 Å². The van der Waals surface area contributed by atoms with Gasteiger partial charge in [0, 0.05) is 21.2 Å². The topological polar surface area (TPSA) is 99.1 Å². The second-order valence-corrected chi connectivity index (χ2v) is 11.8. The number of phenolic OH excluding ortho intramolecular Hbond substituents is 1. The van der Waals surface area contributed by atoms with Crippen molar-refractivity contribution in [2.75, 3.05) is 19.8 Å². The van der Waals surface area contributed by atoms with Crippen molar-refractivity contribution < 1.29 is 32.0 Å². The molecule has 0 radical (unpaired) electrons. The van der Waals surface area contributed by atoms with E-state index < -0.39 is 16.1 Å². The molecule has 41 heavy (non-hydrogen) atoms. The zero-order chi connectivity index (χ0) is 29.0. The fourth-order valence-corrected chi connectivity index (χ4v) is 6.63. The van der Waals surface area contributed by atoms with Crippen molar-refractivity contribution in [3.05, 3.63) is 101 Å². The van der Waals surface area contributed by atoms with Gasteiger partial charge in [0.1, 0.15) is 29.6 Å². The monoisotopic (exact) mass is 588 g/mol. The minimum atomic E-state index is -3.87. The summed E-state index contributed by atoms with van der Waals surface area (Å²) in [6.07, 6.45) is 0. The second kappa shape index (κ2) is 12.1. The maximum atomic E-state index is 12.9. The van der Waals surface area contributed by atoms with Crippen LogP contribution in [0, 0.1) is 6.92 Å². The van der Waals surface area contributed by atoms with Crippen LogP contribution in [0.1, 0.15) is 22.2 Å². The third-order valence-electron chi connectivity index (χ3n) is 6.40. The molecule has 5 rings (SSSR count). The number of aromatic hydroxyl groups is 1. The molecule has 1 N–H and O–H groups in total. The molecule has 7 nitrogen and oxygen atoms in total. The Morgan fingerprint density at radius 2 is 1.51 bits per heavy atom. The molecule has 0 atom stereocenters.